The Labute approximate surface area is 77.7 Å². The van der Waals surface area contributed by atoms with E-state index in [4.69, 9.17) is 4.84 Å². The summed E-state index contributed by atoms with van der Waals surface area (Å²) in [6.45, 7) is 3.29. The van der Waals surface area contributed by atoms with Crippen molar-refractivity contribution in [1.82, 2.24) is 5.48 Å². The zero-order valence-electron chi connectivity index (χ0n) is 7.78. The zero-order valence-corrected chi connectivity index (χ0v) is 7.78. The van der Waals surface area contributed by atoms with E-state index >= 15 is 0 Å². The van der Waals surface area contributed by atoms with Crippen molar-refractivity contribution in [2.24, 2.45) is 0 Å². The lowest BCUT2D eigenvalue weighted by Crippen LogP contribution is -2.21. The van der Waals surface area contributed by atoms with Gasteiger partial charge in [-0.15, -0.1) is 0 Å². The molecular weight excluding hydrogens is 166 g/mol. The summed E-state index contributed by atoms with van der Waals surface area (Å²) in [4.78, 5) is 15.6. The molecule has 1 N–H and O–H groups in total. The fourth-order valence-electron chi connectivity index (χ4n) is 0.963. The van der Waals surface area contributed by atoms with Gasteiger partial charge in [-0.2, -0.15) is 0 Å². The third kappa shape index (κ3) is 3.25. The summed E-state index contributed by atoms with van der Waals surface area (Å²) in [6, 6.07) is 9.71. The van der Waals surface area contributed by atoms with E-state index in [9.17, 15) is 4.79 Å². The lowest BCUT2D eigenvalue weighted by Gasteiger charge is -2.11. The average Bonchev–Trinajstić information content (AvgIpc) is 2.15. The van der Waals surface area contributed by atoms with Gasteiger partial charge in [0.05, 0.1) is 0 Å². The van der Waals surface area contributed by atoms with Crippen molar-refractivity contribution in [2.45, 2.75) is 20.0 Å². The molecule has 13 heavy (non-hydrogen) atoms. The van der Waals surface area contributed by atoms with Gasteiger partial charge in [-0.1, -0.05) is 30.3 Å². The summed E-state index contributed by atoms with van der Waals surface area (Å²) < 4.78 is 0. The highest BCUT2D eigenvalue weighted by molar-refractivity contribution is 5.71. The minimum Gasteiger partial charge on any atom is -0.273 e. The monoisotopic (exact) mass is 179 g/mol. The maximum Gasteiger partial charge on any atom is 0.240 e. The molecule has 1 rings (SSSR count). The molecule has 0 spiro atoms. The summed E-state index contributed by atoms with van der Waals surface area (Å²) >= 11 is 0. The van der Waals surface area contributed by atoms with Gasteiger partial charge in [-0.3, -0.25) is 9.63 Å². The quantitative estimate of drug-likeness (QED) is 0.719. The van der Waals surface area contributed by atoms with Gasteiger partial charge in [0.2, 0.25) is 5.91 Å². The van der Waals surface area contributed by atoms with Crippen molar-refractivity contribution >= 4 is 5.91 Å². The van der Waals surface area contributed by atoms with Crippen LogP contribution in [0.4, 0.5) is 0 Å². The minimum absolute atomic E-state index is 0.120. The first-order valence-corrected chi connectivity index (χ1v) is 4.17. The van der Waals surface area contributed by atoms with E-state index in [1.807, 2.05) is 37.3 Å². The molecule has 1 atom stereocenters. The van der Waals surface area contributed by atoms with Gasteiger partial charge in [0.25, 0.3) is 0 Å². The summed E-state index contributed by atoms with van der Waals surface area (Å²) in [5, 5.41) is 0. The normalized spacial score (nSPS) is 12.2. The number of benzene rings is 1. The maximum absolute atomic E-state index is 10.5. The molecule has 0 aliphatic heterocycles. The van der Waals surface area contributed by atoms with Crippen LogP contribution in [0.3, 0.4) is 0 Å². The Hall–Kier alpha value is -1.35. The molecule has 1 aromatic carbocycles. The molecule has 0 saturated carbocycles. The number of carbonyl (C=O) groups is 1. The molecule has 1 aromatic rings. The van der Waals surface area contributed by atoms with Crippen LogP contribution in [0.5, 0.6) is 0 Å². The number of rotatable bonds is 3. The van der Waals surface area contributed by atoms with Gasteiger partial charge < -0.3 is 0 Å². The third-order valence-electron chi connectivity index (χ3n) is 1.65. The SMILES string of the molecule is CC(=O)NO[C@@H](C)c1ccccc1. The van der Waals surface area contributed by atoms with E-state index in [0.717, 1.165) is 5.56 Å². The number of hydrogen-bond acceptors (Lipinski definition) is 2. The highest BCUT2D eigenvalue weighted by atomic mass is 16.7. The second-order valence-electron chi connectivity index (χ2n) is 2.83. The van der Waals surface area contributed by atoms with Crippen molar-refractivity contribution in [2.75, 3.05) is 0 Å². The van der Waals surface area contributed by atoms with Crippen LogP contribution in [0.1, 0.15) is 25.5 Å². The molecular formula is C10H13NO2. The van der Waals surface area contributed by atoms with E-state index in [2.05, 4.69) is 5.48 Å². The summed E-state index contributed by atoms with van der Waals surface area (Å²) in [6.07, 6.45) is -0.120. The van der Waals surface area contributed by atoms with Crippen molar-refractivity contribution in [3.8, 4) is 0 Å². The molecule has 0 aliphatic rings. The standard InChI is InChI=1S/C10H13NO2/c1-8(13-11-9(2)12)10-6-4-3-5-7-10/h3-8H,1-2H3,(H,11,12)/t8-/m0/s1. The van der Waals surface area contributed by atoms with Crippen LogP contribution in [-0.2, 0) is 9.63 Å². The third-order valence-corrected chi connectivity index (χ3v) is 1.65. The molecule has 0 aromatic heterocycles. The largest absolute Gasteiger partial charge is 0.273 e. The summed E-state index contributed by atoms with van der Waals surface area (Å²) in [5.41, 5.74) is 3.34. The van der Waals surface area contributed by atoms with Gasteiger partial charge in [0, 0.05) is 6.92 Å². The van der Waals surface area contributed by atoms with Crippen LogP contribution < -0.4 is 5.48 Å². The van der Waals surface area contributed by atoms with E-state index in [1.165, 1.54) is 6.92 Å². The van der Waals surface area contributed by atoms with Crippen molar-refractivity contribution < 1.29 is 9.63 Å². The molecule has 3 heteroatoms. The fourth-order valence-corrected chi connectivity index (χ4v) is 0.963. The number of hydroxylamine groups is 1. The molecule has 3 nitrogen and oxygen atoms in total. The topological polar surface area (TPSA) is 38.3 Å². The molecule has 0 unspecified atom stereocenters. The van der Waals surface area contributed by atoms with Crippen molar-refractivity contribution in [3.05, 3.63) is 35.9 Å². The minimum atomic E-state index is -0.192. The van der Waals surface area contributed by atoms with Crippen molar-refractivity contribution in [3.63, 3.8) is 0 Å². The van der Waals surface area contributed by atoms with Crippen molar-refractivity contribution in [1.29, 1.82) is 0 Å². The molecule has 0 fully saturated rings. The Balaban J connectivity index is 2.49. The average molecular weight is 179 g/mol. The molecule has 0 aliphatic carbocycles. The van der Waals surface area contributed by atoms with Crippen LogP contribution in [0.15, 0.2) is 30.3 Å². The number of amides is 1. The second-order valence-corrected chi connectivity index (χ2v) is 2.83. The maximum atomic E-state index is 10.5. The Morgan fingerprint density at radius 2 is 2.00 bits per heavy atom. The van der Waals surface area contributed by atoms with E-state index < -0.39 is 0 Å². The van der Waals surface area contributed by atoms with E-state index in [1.54, 1.807) is 0 Å². The predicted molar refractivity (Wildman–Crippen MR) is 49.8 cm³/mol. The lowest BCUT2D eigenvalue weighted by molar-refractivity contribution is -0.135. The number of nitrogens with one attached hydrogen (secondary N) is 1. The Kier molecular flexibility index (Phi) is 3.46. The number of carbonyl (C=O) groups excluding carboxylic acids is 1. The Morgan fingerprint density at radius 1 is 1.38 bits per heavy atom. The lowest BCUT2D eigenvalue weighted by atomic mass is 10.1. The molecule has 0 heterocycles. The first-order chi connectivity index (χ1) is 6.20. The van der Waals surface area contributed by atoms with Gasteiger partial charge in [-0.05, 0) is 12.5 Å². The Morgan fingerprint density at radius 3 is 2.54 bits per heavy atom. The van der Waals surface area contributed by atoms with Gasteiger partial charge in [-0.25, -0.2) is 5.48 Å². The molecule has 0 bridgehead atoms. The van der Waals surface area contributed by atoms with Crippen LogP contribution in [0.25, 0.3) is 0 Å². The first-order valence-electron chi connectivity index (χ1n) is 4.17. The smallest absolute Gasteiger partial charge is 0.240 e. The van der Waals surface area contributed by atoms with Gasteiger partial charge >= 0.3 is 0 Å². The van der Waals surface area contributed by atoms with Crippen LogP contribution in [-0.4, -0.2) is 5.91 Å². The Bertz CT molecular complexity index is 272. The van der Waals surface area contributed by atoms with Crippen LogP contribution in [0.2, 0.25) is 0 Å². The molecule has 0 saturated heterocycles. The van der Waals surface area contributed by atoms with Gasteiger partial charge in [0.1, 0.15) is 6.10 Å². The molecule has 70 valence electrons. The van der Waals surface area contributed by atoms with E-state index in [-0.39, 0.29) is 12.0 Å². The number of hydrogen-bond donors (Lipinski definition) is 1. The zero-order chi connectivity index (χ0) is 9.68. The van der Waals surface area contributed by atoms with Gasteiger partial charge in [0.15, 0.2) is 0 Å². The predicted octanol–water partition coefficient (Wildman–Crippen LogP) is 1.82. The summed E-state index contributed by atoms with van der Waals surface area (Å²) in [5.74, 6) is -0.192. The highest BCUT2D eigenvalue weighted by Gasteiger charge is 2.04. The van der Waals surface area contributed by atoms with Crippen LogP contribution in [0, 0.1) is 0 Å². The van der Waals surface area contributed by atoms with Crippen LogP contribution >= 0.6 is 0 Å². The fraction of sp³-hybridized carbons (Fsp3) is 0.300. The highest BCUT2D eigenvalue weighted by Crippen LogP contribution is 2.13. The first kappa shape index (κ1) is 9.74. The second kappa shape index (κ2) is 4.62. The summed E-state index contributed by atoms with van der Waals surface area (Å²) in [7, 11) is 0. The molecule has 1 amide bonds. The van der Waals surface area contributed by atoms with E-state index in [0.29, 0.717) is 0 Å². The molecule has 0 radical (unpaired) electrons.